The first kappa shape index (κ1) is 17.0. The molecule has 4 heteroatoms. The van der Waals surface area contributed by atoms with Crippen LogP contribution in [0.1, 0.15) is 49.8 Å². The predicted molar refractivity (Wildman–Crippen MR) is 96.5 cm³/mol. The first-order valence-electron chi connectivity index (χ1n) is 9.01. The molecular weight excluding hydrogens is 304 g/mol. The molecule has 1 aliphatic heterocycles. The Morgan fingerprint density at radius 3 is 2.52 bits per heavy atom. The summed E-state index contributed by atoms with van der Waals surface area (Å²) in [6.07, 6.45) is 8.65. The van der Waals surface area contributed by atoms with Crippen LogP contribution in [-0.4, -0.2) is 42.9 Å². The summed E-state index contributed by atoms with van der Waals surface area (Å²) in [7, 11) is 3.74. The molecule has 1 aromatic heterocycles. The maximum Gasteiger partial charge on any atom is 0.222 e. The second-order valence-corrected chi connectivity index (χ2v) is 8.82. The van der Waals surface area contributed by atoms with Gasteiger partial charge in [0.05, 0.1) is 0 Å². The van der Waals surface area contributed by atoms with Gasteiger partial charge in [-0.15, -0.1) is 11.3 Å². The Labute approximate surface area is 144 Å². The molecule has 0 radical (unpaired) electrons. The molecule has 1 aliphatic carbocycles. The molecule has 0 unspecified atom stereocenters. The highest BCUT2D eigenvalue weighted by atomic mass is 32.1. The molecule has 1 saturated carbocycles. The number of hydrogen-bond acceptors (Lipinski definition) is 3. The zero-order valence-corrected chi connectivity index (χ0v) is 15.4. The summed E-state index contributed by atoms with van der Waals surface area (Å²) in [5, 5.41) is 2.18. The van der Waals surface area contributed by atoms with Crippen molar-refractivity contribution in [3.63, 3.8) is 0 Å². The van der Waals surface area contributed by atoms with Gasteiger partial charge in [0.15, 0.2) is 0 Å². The van der Waals surface area contributed by atoms with Gasteiger partial charge < -0.3 is 4.90 Å². The molecule has 128 valence electrons. The molecule has 1 spiro atoms. The van der Waals surface area contributed by atoms with Gasteiger partial charge in [-0.2, -0.15) is 0 Å². The van der Waals surface area contributed by atoms with E-state index in [1.54, 1.807) is 4.90 Å². The summed E-state index contributed by atoms with van der Waals surface area (Å²) in [6.45, 7) is 3.63. The molecule has 2 heterocycles. The van der Waals surface area contributed by atoms with Crippen LogP contribution in [0.25, 0.3) is 0 Å². The number of hydrogen-bond donors (Lipinski definition) is 0. The number of amides is 1. The van der Waals surface area contributed by atoms with Crippen LogP contribution in [0, 0.1) is 11.3 Å². The van der Waals surface area contributed by atoms with Crippen LogP contribution in [0.4, 0.5) is 0 Å². The van der Waals surface area contributed by atoms with Crippen molar-refractivity contribution >= 4 is 17.2 Å². The van der Waals surface area contributed by atoms with Crippen molar-refractivity contribution in [3.05, 3.63) is 22.4 Å². The summed E-state index contributed by atoms with van der Waals surface area (Å²) in [4.78, 5) is 17.8. The summed E-state index contributed by atoms with van der Waals surface area (Å²) >= 11 is 1.87. The van der Waals surface area contributed by atoms with Gasteiger partial charge in [0.1, 0.15) is 0 Å². The van der Waals surface area contributed by atoms with Gasteiger partial charge in [-0.1, -0.05) is 6.07 Å². The summed E-state index contributed by atoms with van der Waals surface area (Å²) in [6, 6.07) is 4.41. The topological polar surface area (TPSA) is 23.6 Å². The minimum Gasteiger partial charge on any atom is -0.349 e. The lowest BCUT2D eigenvalue weighted by Gasteiger charge is -2.46. The van der Waals surface area contributed by atoms with Crippen molar-refractivity contribution in [2.45, 2.75) is 51.5 Å². The molecule has 0 atom stereocenters. The lowest BCUT2D eigenvalue weighted by molar-refractivity contribution is -0.130. The number of rotatable bonds is 4. The van der Waals surface area contributed by atoms with Crippen LogP contribution in [0.5, 0.6) is 0 Å². The van der Waals surface area contributed by atoms with E-state index in [0.29, 0.717) is 17.2 Å². The molecule has 0 N–H and O–H groups in total. The first-order valence-corrected chi connectivity index (χ1v) is 9.89. The van der Waals surface area contributed by atoms with Crippen molar-refractivity contribution < 1.29 is 4.79 Å². The fourth-order valence-corrected chi connectivity index (χ4v) is 4.98. The third-order valence-corrected chi connectivity index (χ3v) is 6.87. The molecule has 2 fully saturated rings. The van der Waals surface area contributed by atoms with Crippen LogP contribution in [0.2, 0.25) is 0 Å². The van der Waals surface area contributed by atoms with E-state index >= 15 is 0 Å². The monoisotopic (exact) mass is 334 g/mol. The zero-order valence-electron chi connectivity index (χ0n) is 14.6. The number of thiophene rings is 1. The lowest BCUT2D eigenvalue weighted by Crippen LogP contribution is -2.41. The maximum atomic E-state index is 11.9. The van der Waals surface area contributed by atoms with E-state index in [-0.39, 0.29) is 0 Å². The van der Waals surface area contributed by atoms with Crippen molar-refractivity contribution in [2.75, 3.05) is 27.2 Å². The predicted octanol–water partition coefficient (Wildman–Crippen LogP) is 4.00. The van der Waals surface area contributed by atoms with Crippen molar-refractivity contribution in [3.8, 4) is 0 Å². The number of carbonyl (C=O) groups excluding carboxylic acids is 1. The minimum absolute atomic E-state index is 0.303. The van der Waals surface area contributed by atoms with Gasteiger partial charge in [-0.05, 0) is 74.4 Å². The van der Waals surface area contributed by atoms with E-state index in [2.05, 4.69) is 22.4 Å². The fourth-order valence-electron chi connectivity index (χ4n) is 4.23. The molecule has 0 aromatic carbocycles. The van der Waals surface area contributed by atoms with Crippen LogP contribution in [0.3, 0.4) is 0 Å². The summed E-state index contributed by atoms with van der Waals surface area (Å²) in [5.74, 6) is 0.927. The number of likely N-dealkylation sites (tertiary alicyclic amines) is 1. The Morgan fingerprint density at radius 1 is 1.26 bits per heavy atom. The molecule has 1 aromatic rings. The normalized spacial score (nSPS) is 22.3. The molecule has 3 rings (SSSR count). The van der Waals surface area contributed by atoms with Gasteiger partial charge in [-0.25, -0.2) is 0 Å². The second-order valence-electron chi connectivity index (χ2n) is 7.79. The number of piperidine rings is 1. The van der Waals surface area contributed by atoms with E-state index < -0.39 is 0 Å². The smallest absolute Gasteiger partial charge is 0.222 e. The molecule has 1 saturated heterocycles. The first-order chi connectivity index (χ1) is 11.1. The minimum atomic E-state index is 0.303. The number of carbonyl (C=O) groups is 1. The Morgan fingerprint density at radius 2 is 1.96 bits per heavy atom. The van der Waals surface area contributed by atoms with Gasteiger partial charge in [0.25, 0.3) is 0 Å². The van der Waals surface area contributed by atoms with E-state index in [1.807, 2.05) is 25.4 Å². The quantitative estimate of drug-likeness (QED) is 0.831. The highest BCUT2D eigenvalue weighted by Gasteiger charge is 2.38. The Kier molecular flexibility index (Phi) is 5.42. The maximum absolute atomic E-state index is 11.9. The zero-order chi connectivity index (χ0) is 16.3. The summed E-state index contributed by atoms with van der Waals surface area (Å²) < 4.78 is 0. The third kappa shape index (κ3) is 4.36. The summed E-state index contributed by atoms with van der Waals surface area (Å²) in [5.41, 5.74) is 0.587. The third-order valence-electron chi connectivity index (χ3n) is 6.00. The van der Waals surface area contributed by atoms with Gasteiger partial charge in [-0.3, -0.25) is 9.69 Å². The standard InChI is InChI=1S/C19H30N2OS/c1-20(2)18(22)14-16-5-7-19(8-6-16)9-11-21(12-10-19)15-17-4-3-13-23-17/h3-4,13,16H,5-12,14-15H2,1-2H3. The average molecular weight is 335 g/mol. The highest BCUT2D eigenvalue weighted by Crippen LogP contribution is 2.47. The Hall–Kier alpha value is -0.870. The molecule has 0 bridgehead atoms. The highest BCUT2D eigenvalue weighted by molar-refractivity contribution is 7.09. The van der Waals surface area contributed by atoms with Crippen molar-refractivity contribution in [1.82, 2.24) is 9.80 Å². The van der Waals surface area contributed by atoms with Gasteiger partial charge >= 0.3 is 0 Å². The molecule has 1 amide bonds. The molecular formula is C19H30N2OS. The van der Waals surface area contributed by atoms with Crippen LogP contribution < -0.4 is 0 Å². The van der Waals surface area contributed by atoms with Crippen LogP contribution in [0.15, 0.2) is 17.5 Å². The molecule has 2 aliphatic rings. The van der Waals surface area contributed by atoms with E-state index in [1.165, 1.54) is 56.5 Å². The molecule has 3 nitrogen and oxygen atoms in total. The Bertz CT molecular complexity index is 493. The van der Waals surface area contributed by atoms with E-state index in [4.69, 9.17) is 0 Å². The van der Waals surface area contributed by atoms with Crippen LogP contribution in [-0.2, 0) is 11.3 Å². The number of nitrogens with zero attached hydrogens (tertiary/aromatic N) is 2. The van der Waals surface area contributed by atoms with Crippen molar-refractivity contribution in [1.29, 1.82) is 0 Å². The van der Waals surface area contributed by atoms with Crippen molar-refractivity contribution in [2.24, 2.45) is 11.3 Å². The van der Waals surface area contributed by atoms with Gasteiger partial charge in [0, 0.05) is 31.9 Å². The second kappa shape index (κ2) is 7.35. The van der Waals surface area contributed by atoms with E-state index in [9.17, 15) is 4.79 Å². The average Bonchev–Trinajstić information content (AvgIpc) is 3.05. The molecule has 23 heavy (non-hydrogen) atoms. The SMILES string of the molecule is CN(C)C(=O)CC1CCC2(CC1)CCN(Cc1cccs1)CC2. The van der Waals surface area contributed by atoms with E-state index in [0.717, 1.165) is 13.0 Å². The fraction of sp³-hybridized carbons (Fsp3) is 0.737. The van der Waals surface area contributed by atoms with Gasteiger partial charge in [0.2, 0.25) is 5.91 Å². The lowest BCUT2D eigenvalue weighted by atomic mass is 9.65. The Balaban J connectivity index is 1.44. The largest absolute Gasteiger partial charge is 0.349 e. The van der Waals surface area contributed by atoms with Crippen LogP contribution >= 0.6 is 11.3 Å².